The highest BCUT2D eigenvalue weighted by molar-refractivity contribution is 6.16. The van der Waals surface area contributed by atoms with Crippen molar-refractivity contribution >= 4 is 49.8 Å². The maximum absolute atomic E-state index is 6.24. The summed E-state index contributed by atoms with van der Waals surface area (Å²) >= 11 is 0. The Hall–Kier alpha value is -6.53. The van der Waals surface area contributed by atoms with Crippen LogP contribution in [0, 0.1) is 6.92 Å². The number of hydrogen-bond donors (Lipinski definition) is 1. The third-order valence-electron chi connectivity index (χ3n) is 9.00. The quantitative estimate of drug-likeness (QED) is 0.206. The van der Waals surface area contributed by atoms with E-state index < -0.39 is 0 Å². The second-order valence-electron chi connectivity index (χ2n) is 11.8. The maximum atomic E-state index is 6.24. The monoisotopic (exact) mass is 620 g/mol. The zero-order valence-corrected chi connectivity index (χ0v) is 26.0. The second-order valence-corrected chi connectivity index (χ2v) is 11.8. The summed E-state index contributed by atoms with van der Waals surface area (Å²) in [5.41, 5.74) is 14.1. The van der Waals surface area contributed by atoms with Gasteiger partial charge in [0.1, 0.15) is 22.5 Å². The molecule has 6 nitrogen and oxygen atoms in total. The normalized spacial score (nSPS) is 11.9. The third-order valence-corrected chi connectivity index (χ3v) is 9.00. The van der Waals surface area contributed by atoms with E-state index in [0.717, 1.165) is 77.1 Å². The summed E-state index contributed by atoms with van der Waals surface area (Å²) in [6.45, 7) is 2.03. The number of nitrogens with two attached hydrogens (primary N) is 1. The van der Waals surface area contributed by atoms with E-state index in [2.05, 4.69) is 60.7 Å². The molecule has 0 aliphatic rings. The SMILES string of the molecule is Cc1c(/C=C\N)oc2cccc(-c3nc(-c4ccccc4)nc(-c4cccc5c(-c6cccc7oc8ccccc8c67)cccc45)n3)c12. The van der Waals surface area contributed by atoms with Gasteiger partial charge in [-0.05, 0) is 59.3 Å². The Bertz CT molecular complexity index is 2700. The summed E-state index contributed by atoms with van der Waals surface area (Å²) in [4.78, 5) is 15.3. The number of aryl methyl sites for hydroxylation is 1. The van der Waals surface area contributed by atoms with Crippen molar-refractivity contribution in [1.82, 2.24) is 15.0 Å². The molecule has 2 N–H and O–H groups in total. The summed E-state index contributed by atoms with van der Waals surface area (Å²) in [5, 5.41) is 5.29. The molecule has 228 valence electrons. The second kappa shape index (κ2) is 11.1. The molecule has 0 aliphatic heterocycles. The molecule has 0 atom stereocenters. The Kier molecular flexibility index (Phi) is 6.40. The van der Waals surface area contributed by atoms with Crippen molar-refractivity contribution in [3.8, 4) is 45.3 Å². The standard InChI is InChI=1S/C42H28N4O2/c1-25-34(23-24-43)47-36-21-10-19-33(38(25)36)42-45-40(26-11-3-2-4-12-26)44-41(46-42)31-18-8-14-27-28(15-7-16-29(27)31)30-17-9-22-37-39(30)32-13-5-6-20-35(32)48-37/h2-24H,43H2,1H3/b24-23-. The Labute approximate surface area is 275 Å². The van der Waals surface area contributed by atoms with E-state index in [4.69, 9.17) is 29.5 Å². The van der Waals surface area contributed by atoms with Crippen LogP contribution in [0.3, 0.4) is 0 Å². The topological polar surface area (TPSA) is 91.0 Å². The number of hydrogen-bond acceptors (Lipinski definition) is 6. The molecular formula is C42H28N4O2. The van der Waals surface area contributed by atoms with Gasteiger partial charge in [-0.2, -0.15) is 0 Å². The number of fused-ring (bicyclic) bond motifs is 5. The highest BCUT2D eigenvalue weighted by Gasteiger charge is 2.20. The fraction of sp³-hybridized carbons (Fsp3) is 0.0238. The van der Waals surface area contributed by atoms with Gasteiger partial charge < -0.3 is 14.6 Å². The Morgan fingerprint density at radius 2 is 1.04 bits per heavy atom. The Morgan fingerprint density at radius 1 is 0.479 bits per heavy atom. The Balaban J connectivity index is 1.29. The van der Waals surface area contributed by atoms with Crippen LogP contribution in [0.1, 0.15) is 11.3 Å². The Morgan fingerprint density at radius 3 is 1.83 bits per heavy atom. The van der Waals surface area contributed by atoms with Crippen molar-refractivity contribution in [2.45, 2.75) is 6.92 Å². The number of rotatable bonds is 5. The van der Waals surface area contributed by atoms with Crippen molar-refractivity contribution in [2.75, 3.05) is 0 Å². The largest absolute Gasteiger partial charge is 0.456 e. The van der Waals surface area contributed by atoms with Crippen LogP contribution in [0.15, 0.2) is 142 Å². The molecular weight excluding hydrogens is 592 g/mol. The van der Waals surface area contributed by atoms with Gasteiger partial charge in [0.2, 0.25) is 0 Å². The molecule has 0 amide bonds. The number of para-hydroxylation sites is 1. The van der Waals surface area contributed by atoms with Crippen molar-refractivity contribution in [3.63, 3.8) is 0 Å². The molecule has 0 aliphatic carbocycles. The van der Waals surface area contributed by atoms with Gasteiger partial charge >= 0.3 is 0 Å². The van der Waals surface area contributed by atoms with E-state index in [0.29, 0.717) is 23.2 Å². The van der Waals surface area contributed by atoms with Gasteiger partial charge in [0.25, 0.3) is 0 Å². The minimum Gasteiger partial charge on any atom is -0.456 e. The molecule has 6 aromatic carbocycles. The van der Waals surface area contributed by atoms with E-state index in [1.54, 1.807) is 6.08 Å². The average molecular weight is 621 g/mol. The minimum atomic E-state index is 0.569. The van der Waals surface area contributed by atoms with Crippen molar-refractivity contribution in [1.29, 1.82) is 0 Å². The number of aromatic nitrogens is 3. The molecule has 0 saturated carbocycles. The van der Waals surface area contributed by atoms with Crippen molar-refractivity contribution in [2.24, 2.45) is 5.73 Å². The summed E-state index contributed by atoms with van der Waals surface area (Å²) in [6, 6.07) is 43.2. The van der Waals surface area contributed by atoms with Crippen molar-refractivity contribution < 1.29 is 8.83 Å². The van der Waals surface area contributed by atoms with Crippen LogP contribution in [0.25, 0.3) is 95.0 Å². The first-order valence-electron chi connectivity index (χ1n) is 15.8. The van der Waals surface area contributed by atoms with Gasteiger partial charge in [0.05, 0.1) is 0 Å². The van der Waals surface area contributed by atoms with Crippen LogP contribution >= 0.6 is 0 Å². The van der Waals surface area contributed by atoms with Gasteiger partial charge in [-0.25, -0.2) is 15.0 Å². The minimum absolute atomic E-state index is 0.569. The molecule has 0 fully saturated rings. The number of benzene rings is 6. The molecule has 0 radical (unpaired) electrons. The van der Waals surface area contributed by atoms with E-state index >= 15 is 0 Å². The predicted molar refractivity (Wildman–Crippen MR) is 194 cm³/mol. The van der Waals surface area contributed by atoms with Gasteiger partial charge in [0.15, 0.2) is 17.5 Å². The smallest absolute Gasteiger partial charge is 0.164 e. The van der Waals surface area contributed by atoms with E-state index in [9.17, 15) is 0 Å². The predicted octanol–water partition coefficient (Wildman–Crippen LogP) is 10.6. The highest BCUT2D eigenvalue weighted by atomic mass is 16.3. The lowest BCUT2D eigenvalue weighted by Crippen LogP contribution is -2.01. The van der Waals surface area contributed by atoms with Crippen LogP contribution in [0.2, 0.25) is 0 Å². The third kappa shape index (κ3) is 4.38. The molecule has 0 bridgehead atoms. The molecule has 3 aromatic heterocycles. The van der Waals surface area contributed by atoms with Crippen LogP contribution in [-0.2, 0) is 0 Å². The highest BCUT2D eigenvalue weighted by Crippen LogP contribution is 2.41. The lowest BCUT2D eigenvalue weighted by molar-refractivity contribution is 0.601. The zero-order valence-electron chi connectivity index (χ0n) is 26.0. The van der Waals surface area contributed by atoms with Crippen LogP contribution in [0.4, 0.5) is 0 Å². The summed E-state index contributed by atoms with van der Waals surface area (Å²) in [5.74, 6) is 2.46. The summed E-state index contributed by atoms with van der Waals surface area (Å²) < 4.78 is 12.4. The first kappa shape index (κ1) is 27.8. The molecule has 0 unspecified atom stereocenters. The lowest BCUT2D eigenvalue weighted by Gasteiger charge is -2.13. The fourth-order valence-electron chi connectivity index (χ4n) is 6.83. The average Bonchev–Trinajstić information content (AvgIpc) is 3.68. The first-order chi connectivity index (χ1) is 23.7. The molecule has 9 aromatic rings. The zero-order chi connectivity index (χ0) is 32.2. The van der Waals surface area contributed by atoms with Crippen LogP contribution in [0.5, 0.6) is 0 Å². The lowest BCUT2D eigenvalue weighted by atomic mass is 9.93. The number of furan rings is 2. The molecule has 9 rings (SSSR count). The van der Waals surface area contributed by atoms with Crippen LogP contribution < -0.4 is 5.73 Å². The van der Waals surface area contributed by atoms with Crippen molar-refractivity contribution in [3.05, 3.63) is 145 Å². The molecule has 0 spiro atoms. The fourth-order valence-corrected chi connectivity index (χ4v) is 6.83. The number of nitrogens with zero attached hydrogens (tertiary/aromatic N) is 3. The van der Waals surface area contributed by atoms with Crippen LogP contribution in [-0.4, -0.2) is 15.0 Å². The van der Waals surface area contributed by atoms with E-state index in [1.807, 2.05) is 73.7 Å². The van der Waals surface area contributed by atoms with Gasteiger partial charge in [-0.15, -0.1) is 0 Å². The molecule has 6 heteroatoms. The summed E-state index contributed by atoms with van der Waals surface area (Å²) in [7, 11) is 0. The van der Waals surface area contributed by atoms with E-state index in [-0.39, 0.29) is 0 Å². The van der Waals surface area contributed by atoms with E-state index in [1.165, 1.54) is 6.20 Å². The van der Waals surface area contributed by atoms with Gasteiger partial charge in [-0.3, -0.25) is 0 Å². The summed E-state index contributed by atoms with van der Waals surface area (Å²) in [6.07, 6.45) is 3.26. The van der Waals surface area contributed by atoms with Gasteiger partial charge in [0, 0.05) is 38.4 Å². The van der Waals surface area contributed by atoms with Gasteiger partial charge in [-0.1, -0.05) is 109 Å². The molecule has 0 saturated heterocycles. The molecule has 48 heavy (non-hydrogen) atoms. The first-order valence-corrected chi connectivity index (χ1v) is 15.8. The maximum Gasteiger partial charge on any atom is 0.164 e. The molecule has 3 heterocycles.